The first-order valence-electron chi connectivity index (χ1n) is 3.55. The SMILES string of the molecule is O=C(O)C=Cc1ccc(OS)cc1. The summed E-state index contributed by atoms with van der Waals surface area (Å²) in [6.07, 6.45) is 2.58. The molecular weight excluding hydrogens is 188 g/mol. The fraction of sp³-hybridized carbons (Fsp3) is 0. The maximum absolute atomic E-state index is 10.2. The Kier molecular flexibility index (Phi) is 3.40. The largest absolute Gasteiger partial charge is 0.478 e. The van der Waals surface area contributed by atoms with Crippen molar-refractivity contribution < 1.29 is 14.1 Å². The highest BCUT2D eigenvalue weighted by Gasteiger charge is 1.91. The number of hydrogen-bond acceptors (Lipinski definition) is 3. The number of hydrogen-bond donors (Lipinski definition) is 2. The summed E-state index contributed by atoms with van der Waals surface area (Å²) in [4.78, 5) is 10.2. The Balaban J connectivity index is 2.75. The smallest absolute Gasteiger partial charge is 0.328 e. The van der Waals surface area contributed by atoms with Gasteiger partial charge in [-0.15, -0.1) is 0 Å². The van der Waals surface area contributed by atoms with Crippen molar-refractivity contribution in [1.29, 1.82) is 0 Å². The van der Waals surface area contributed by atoms with E-state index in [0.29, 0.717) is 5.75 Å². The Hall–Kier alpha value is -1.42. The molecule has 4 heteroatoms. The van der Waals surface area contributed by atoms with Crippen LogP contribution in [0.25, 0.3) is 6.08 Å². The van der Waals surface area contributed by atoms with E-state index in [0.717, 1.165) is 11.6 Å². The van der Waals surface area contributed by atoms with Crippen molar-refractivity contribution in [2.24, 2.45) is 0 Å². The zero-order chi connectivity index (χ0) is 9.68. The number of rotatable bonds is 3. The molecule has 1 N–H and O–H groups in total. The minimum absolute atomic E-state index is 0.621. The number of carbonyl (C=O) groups is 1. The van der Waals surface area contributed by atoms with E-state index in [9.17, 15) is 4.79 Å². The van der Waals surface area contributed by atoms with Gasteiger partial charge in [-0.1, -0.05) is 12.1 Å². The molecule has 0 bridgehead atoms. The predicted molar refractivity (Wildman–Crippen MR) is 52.7 cm³/mol. The molecule has 3 nitrogen and oxygen atoms in total. The van der Waals surface area contributed by atoms with Crippen molar-refractivity contribution in [3.8, 4) is 5.75 Å². The van der Waals surface area contributed by atoms with Gasteiger partial charge >= 0.3 is 5.97 Å². The second-order valence-electron chi connectivity index (χ2n) is 2.33. The monoisotopic (exact) mass is 196 g/mol. The average molecular weight is 196 g/mol. The molecular formula is C9H8O3S. The highest BCUT2D eigenvalue weighted by atomic mass is 32.1. The maximum Gasteiger partial charge on any atom is 0.328 e. The Bertz CT molecular complexity index is 316. The first-order valence-corrected chi connectivity index (χ1v) is 3.91. The normalized spacial score (nSPS) is 10.2. The van der Waals surface area contributed by atoms with E-state index in [1.807, 2.05) is 0 Å². The van der Waals surface area contributed by atoms with Gasteiger partial charge in [0.15, 0.2) is 0 Å². The zero-order valence-corrected chi connectivity index (χ0v) is 7.57. The van der Waals surface area contributed by atoms with E-state index in [-0.39, 0.29) is 0 Å². The predicted octanol–water partition coefficient (Wildman–Crippen LogP) is 2.01. The quantitative estimate of drug-likeness (QED) is 0.441. The van der Waals surface area contributed by atoms with Gasteiger partial charge in [0.25, 0.3) is 0 Å². The topological polar surface area (TPSA) is 46.5 Å². The molecule has 68 valence electrons. The second kappa shape index (κ2) is 4.57. The molecule has 0 aromatic heterocycles. The van der Waals surface area contributed by atoms with Crippen LogP contribution in [0.15, 0.2) is 30.3 Å². The Morgan fingerprint density at radius 1 is 1.38 bits per heavy atom. The van der Waals surface area contributed by atoms with E-state index in [1.165, 1.54) is 6.08 Å². The fourth-order valence-electron chi connectivity index (χ4n) is 0.807. The number of benzene rings is 1. The first kappa shape index (κ1) is 9.67. The van der Waals surface area contributed by atoms with Crippen molar-refractivity contribution in [3.63, 3.8) is 0 Å². The minimum atomic E-state index is -0.963. The number of thiol groups is 1. The van der Waals surface area contributed by atoms with Crippen LogP contribution < -0.4 is 4.18 Å². The van der Waals surface area contributed by atoms with Gasteiger partial charge in [-0.25, -0.2) is 4.79 Å². The lowest BCUT2D eigenvalue weighted by molar-refractivity contribution is -0.131. The van der Waals surface area contributed by atoms with Gasteiger partial charge in [0, 0.05) is 19.0 Å². The number of carboxylic acid groups (broad SMARTS) is 1. The van der Waals surface area contributed by atoms with Gasteiger partial charge in [-0.05, 0) is 23.8 Å². The molecule has 0 aliphatic rings. The molecule has 0 saturated carbocycles. The van der Waals surface area contributed by atoms with Crippen LogP contribution in [0.4, 0.5) is 0 Å². The van der Waals surface area contributed by atoms with Crippen molar-refractivity contribution in [2.45, 2.75) is 0 Å². The van der Waals surface area contributed by atoms with E-state index >= 15 is 0 Å². The minimum Gasteiger partial charge on any atom is -0.478 e. The number of carboxylic acids is 1. The van der Waals surface area contributed by atoms with E-state index in [4.69, 9.17) is 5.11 Å². The van der Waals surface area contributed by atoms with Gasteiger partial charge in [0.05, 0.1) is 0 Å². The zero-order valence-electron chi connectivity index (χ0n) is 6.68. The third-order valence-corrected chi connectivity index (χ3v) is 1.61. The van der Waals surface area contributed by atoms with Crippen LogP contribution >= 0.6 is 12.9 Å². The molecule has 1 aromatic carbocycles. The lowest BCUT2D eigenvalue weighted by Gasteiger charge is -1.96. The third kappa shape index (κ3) is 3.21. The molecule has 0 atom stereocenters. The van der Waals surface area contributed by atoms with Gasteiger partial charge in [0.2, 0.25) is 0 Å². The Morgan fingerprint density at radius 2 is 2.00 bits per heavy atom. The molecule has 0 radical (unpaired) electrons. The molecule has 1 aromatic rings. The molecule has 0 saturated heterocycles. The summed E-state index contributed by atoms with van der Waals surface area (Å²) < 4.78 is 4.65. The van der Waals surface area contributed by atoms with Crippen molar-refractivity contribution in [3.05, 3.63) is 35.9 Å². The first-order chi connectivity index (χ1) is 6.22. The Labute approximate surface area is 81.3 Å². The Morgan fingerprint density at radius 3 is 2.46 bits per heavy atom. The van der Waals surface area contributed by atoms with Crippen LogP contribution in [0.1, 0.15) is 5.56 Å². The van der Waals surface area contributed by atoms with Crippen LogP contribution in [-0.2, 0) is 4.79 Å². The molecule has 0 spiro atoms. The maximum atomic E-state index is 10.2. The molecule has 0 unspecified atom stereocenters. The van der Waals surface area contributed by atoms with E-state index in [1.54, 1.807) is 24.3 Å². The van der Waals surface area contributed by atoms with Crippen molar-refractivity contribution >= 4 is 25.0 Å². The third-order valence-electron chi connectivity index (χ3n) is 1.40. The summed E-state index contributed by atoms with van der Waals surface area (Å²) in [5, 5.41) is 8.35. The van der Waals surface area contributed by atoms with Crippen LogP contribution in [0, 0.1) is 0 Å². The highest BCUT2D eigenvalue weighted by molar-refractivity contribution is 7.75. The molecule has 0 amide bonds. The molecule has 1 rings (SSSR count). The highest BCUT2D eigenvalue weighted by Crippen LogP contribution is 2.13. The summed E-state index contributed by atoms with van der Waals surface area (Å²) in [7, 11) is 0. The van der Waals surface area contributed by atoms with Crippen LogP contribution in [-0.4, -0.2) is 11.1 Å². The standard InChI is InChI=1S/C9H8O3S/c10-9(11)6-3-7-1-4-8(12-13)5-2-7/h1-6,13H,(H,10,11). The lowest BCUT2D eigenvalue weighted by Crippen LogP contribution is -1.85. The summed E-state index contributed by atoms with van der Waals surface area (Å²) in [6.45, 7) is 0. The van der Waals surface area contributed by atoms with Crippen molar-refractivity contribution in [1.82, 2.24) is 0 Å². The van der Waals surface area contributed by atoms with Gasteiger partial charge < -0.3 is 9.29 Å². The lowest BCUT2D eigenvalue weighted by atomic mass is 10.2. The molecule has 0 aliphatic carbocycles. The summed E-state index contributed by atoms with van der Waals surface area (Å²) >= 11 is 3.62. The fourth-order valence-corrected chi connectivity index (χ4v) is 0.929. The number of aliphatic carboxylic acids is 1. The molecule has 13 heavy (non-hydrogen) atoms. The van der Waals surface area contributed by atoms with Crippen LogP contribution in [0.5, 0.6) is 5.75 Å². The molecule has 0 fully saturated rings. The van der Waals surface area contributed by atoms with Gasteiger partial charge in [-0.2, -0.15) is 0 Å². The van der Waals surface area contributed by atoms with Crippen LogP contribution in [0.2, 0.25) is 0 Å². The van der Waals surface area contributed by atoms with Gasteiger partial charge in [0.1, 0.15) is 5.75 Å². The van der Waals surface area contributed by atoms with Crippen LogP contribution in [0.3, 0.4) is 0 Å². The van der Waals surface area contributed by atoms with E-state index < -0.39 is 5.97 Å². The second-order valence-corrected chi connectivity index (χ2v) is 2.51. The van der Waals surface area contributed by atoms with Crippen molar-refractivity contribution in [2.75, 3.05) is 0 Å². The molecule has 0 heterocycles. The van der Waals surface area contributed by atoms with E-state index in [2.05, 4.69) is 17.1 Å². The summed E-state index contributed by atoms with van der Waals surface area (Å²) in [5.74, 6) is -0.342. The van der Waals surface area contributed by atoms with Gasteiger partial charge in [-0.3, -0.25) is 0 Å². The summed E-state index contributed by atoms with van der Waals surface area (Å²) in [6, 6.07) is 6.89. The summed E-state index contributed by atoms with van der Waals surface area (Å²) in [5.41, 5.74) is 0.802. The molecule has 0 aliphatic heterocycles. The average Bonchev–Trinajstić information content (AvgIpc) is 2.15.